The number of halogens is 2. The molecule has 0 aliphatic carbocycles. The predicted molar refractivity (Wildman–Crippen MR) is 62.9 cm³/mol. The topological polar surface area (TPSA) is 17.1 Å². The zero-order valence-electron chi connectivity index (χ0n) is 7.93. The molecule has 0 N–H and O–H groups in total. The van der Waals surface area contributed by atoms with Gasteiger partial charge in [0.05, 0.1) is 10.0 Å². The molecule has 1 nitrogen and oxygen atoms in total. The first kappa shape index (κ1) is 11.9. The van der Waals surface area contributed by atoms with Gasteiger partial charge in [-0.05, 0) is 24.8 Å². The van der Waals surface area contributed by atoms with Crippen LogP contribution in [0.5, 0.6) is 0 Å². The van der Waals surface area contributed by atoms with Crippen molar-refractivity contribution in [3.8, 4) is 0 Å². The summed E-state index contributed by atoms with van der Waals surface area (Å²) in [5.41, 5.74) is 0.483. The Morgan fingerprint density at radius 3 is 2.50 bits per heavy atom. The fraction of sp³-hybridized carbons (Fsp3) is 0.300. The Morgan fingerprint density at radius 1 is 1.36 bits per heavy atom. The highest BCUT2D eigenvalue weighted by Gasteiger charge is 2.12. The Bertz CT molecular complexity index is 363. The Morgan fingerprint density at radius 2 is 2.00 bits per heavy atom. The van der Waals surface area contributed by atoms with Gasteiger partial charge >= 0.3 is 0 Å². The second-order valence-electron chi connectivity index (χ2n) is 2.73. The molecule has 0 fully saturated rings. The third-order valence-corrected chi connectivity index (χ3v) is 3.66. The average Bonchev–Trinajstić information content (AvgIpc) is 2.13. The van der Waals surface area contributed by atoms with E-state index >= 15 is 0 Å². The van der Waals surface area contributed by atoms with Crippen molar-refractivity contribution >= 4 is 40.7 Å². The molecule has 0 saturated carbocycles. The van der Waals surface area contributed by atoms with E-state index in [1.165, 1.54) is 6.92 Å². The lowest BCUT2D eigenvalue weighted by atomic mass is 10.1. The monoisotopic (exact) mass is 248 g/mol. The first-order valence-electron chi connectivity index (χ1n) is 4.19. The summed E-state index contributed by atoms with van der Waals surface area (Å²) in [4.78, 5) is 12.1. The Kier molecular flexibility index (Phi) is 4.30. The molecule has 14 heavy (non-hydrogen) atoms. The molecule has 1 aromatic rings. The van der Waals surface area contributed by atoms with Crippen LogP contribution in [0, 0.1) is 0 Å². The summed E-state index contributed by atoms with van der Waals surface area (Å²) in [6, 6.07) is 3.55. The van der Waals surface area contributed by atoms with Crippen LogP contribution in [-0.2, 0) is 0 Å². The van der Waals surface area contributed by atoms with Crippen LogP contribution in [0.4, 0.5) is 0 Å². The number of Topliss-reactive ketones (excluding diaryl/α,β-unsaturated/α-hetero) is 1. The summed E-state index contributed by atoms with van der Waals surface area (Å²) < 4.78 is 0. The van der Waals surface area contributed by atoms with Gasteiger partial charge in [-0.15, -0.1) is 11.8 Å². The van der Waals surface area contributed by atoms with E-state index in [1.807, 2.05) is 13.0 Å². The summed E-state index contributed by atoms with van der Waals surface area (Å²) >= 11 is 13.6. The number of hydrogen-bond donors (Lipinski definition) is 0. The fourth-order valence-electron chi connectivity index (χ4n) is 1.07. The van der Waals surface area contributed by atoms with Gasteiger partial charge in [0.2, 0.25) is 0 Å². The molecule has 0 radical (unpaired) electrons. The molecule has 0 aliphatic heterocycles. The zero-order chi connectivity index (χ0) is 10.7. The van der Waals surface area contributed by atoms with Gasteiger partial charge in [0.25, 0.3) is 0 Å². The molecule has 1 rings (SSSR count). The maximum atomic E-state index is 11.1. The summed E-state index contributed by atoms with van der Waals surface area (Å²) in [6.45, 7) is 3.51. The van der Waals surface area contributed by atoms with Gasteiger partial charge in [0.15, 0.2) is 5.78 Å². The Hall–Kier alpha value is -0.180. The van der Waals surface area contributed by atoms with E-state index < -0.39 is 0 Å². The first-order chi connectivity index (χ1) is 6.57. The first-order valence-corrected chi connectivity index (χ1v) is 5.93. The molecule has 0 aliphatic rings. The second kappa shape index (κ2) is 5.06. The van der Waals surface area contributed by atoms with Crippen LogP contribution in [0.15, 0.2) is 17.0 Å². The van der Waals surface area contributed by atoms with E-state index in [9.17, 15) is 4.79 Å². The summed E-state index contributed by atoms with van der Waals surface area (Å²) in [7, 11) is 0. The van der Waals surface area contributed by atoms with Gasteiger partial charge in [-0.2, -0.15) is 0 Å². The maximum Gasteiger partial charge on any atom is 0.161 e. The highest BCUT2D eigenvalue weighted by atomic mass is 35.5. The van der Waals surface area contributed by atoms with Crippen molar-refractivity contribution < 1.29 is 4.79 Å². The van der Waals surface area contributed by atoms with Crippen LogP contribution in [0.1, 0.15) is 24.2 Å². The minimum Gasteiger partial charge on any atom is -0.294 e. The van der Waals surface area contributed by atoms with Crippen molar-refractivity contribution in [2.45, 2.75) is 18.7 Å². The lowest BCUT2D eigenvalue weighted by Crippen LogP contribution is -1.94. The van der Waals surface area contributed by atoms with Crippen LogP contribution in [0.25, 0.3) is 0 Å². The third-order valence-electron chi connectivity index (χ3n) is 1.73. The van der Waals surface area contributed by atoms with Crippen LogP contribution in [0.2, 0.25) is 10.0 Å². The van der Waals surface area contributed by atoms with Gasteiger partial charge < -0.3 is 0 Å². The number of rotatable bonds is 3. The van der Waals surface area contributed by atoms with E-state index in [4.69, 9.17) is 23.2 Å². The predicted octanol–water partition coefficient (Wildman–Crippen LogP) is 4.31. The van der Waals surface area contributed by atoms with Crippen molar-refractivity contribution in [2.24, 2.45) is 0 Å². The molecular weight excluding hydrogens is 239 g/mol. The van der Waals surface area contributed by atoms with Crippen molar-refractivity contribution in [1.82, 2.24) is 0 Å². The molecule has 0 amide bonds. The molecule has 1 aromatic carbocycles. The van der Waals surface area contributed by atoms with E-state index in [-0.39, 0.29) is 5.78 Å². The van der Waals surface area contributed by atoms with Crippen molar-refractivity contribution in [3.05, 3.63) is 27.7 Å². The Balaban J connectivity index is 3.19. The van der Waals surface area contributed by atoms with E-state index in [0.29, 0.717) is 15.6 Å². The number of carbonyl (C=O) groups excluding carboxylic acids is 1. The van der Waals surface area contributed by atoms with Crippen molar-refractivity contribution in [1.29, 1.82) is 0 Å². The molecule has 0 heterocycles. The third kappa shape index (κ3) is 2.44. The lowest BCUT2D eigenvalue weighted by Gasteiger charge is -2.06. The summed E-state index contributed by atoms with van der Waals surface area (Å²) in [5.74, 6) is 0.861. The maximum absolute atomic E-state index is 11.1. The smallest absolute Gasteiger partial charge is 0.161 e. The van der Waals surface area contributed by atoms with Gasteiger partial charge in [-0.3, -0.25) is 4.79 Å². The van der Waals surface area contributed by atoms with E-state index in [1.54, 1.807) is 17.8 Å². The zero-order valence-corrected chi connectivity index (χ0v) is 10.3. The number of carbonyl (C=O) groups is 1. The highest BCUT2D eigenvalue weighted by Crippen LogP contribution is 2.35. The van der Waals surface area contributed by atoms with Crippen molar-refractivity contribution in [2.75, 3.05) is 5.75 Å². The largest absolute Gasteiger partial charge is 0.294 e. The summed E-state index contributed by atoms with van der Waals surface area (Å²) in [6.07, 6.45) is 0. The summed E-state index contributed by atoms with van der Waals surface area (Å²) in [5, 5.41) is 0.837. The normalized spacial score (nSPS) is 10.3. The molecule has 0 spiro atoms. The number of benzene rings is 1. The number of hydrogen-bond acceptors (Lipinski definition) is 2. The van der Waals surface area contributed by atoms with E-state index in [2.05, 4.69) is 0 Å². The van der Waals surface area contributed by atoms with Crippen LogP contribution < -0.4 is 0 Å². The minimum absolute atomic E-state index is 0.0649. The number of thioether (sulfide) groups is 1. The van der Waals surface area contributed by atoms with Crippen LogP contribution in [0.3, 0.4) is 0 Å². The molecular formula is C10H10Cl2OS. The van der Waals surface area contributed by atoms with E-state index in [0.717, 1.165) is 10.6 Å². The van der Waals surface area contributed by atoms with Gasteiger partial charge in [0, 0.05) is 10.5 Å². The SMILES string of the molecule is CCSc1ccc(C(C)=O)c(Cl)c1Cl. The molecule has 0 atom stereocenters. The molecule has 0 unspecified atom stereocenters. The van der Waals surface area contributed by atoms with Gasteiger partial charge in [0.1, 0.15) is 0 Å². The van der Waals surface area contributed by atoms with Crippen molar-refractivity contribution in [3.63, 3.8) is 0 Å². The van der Waals surface area contributed by atoms with Gasteiger partial charge in [-0.25, -0.2) is 0 Å². The molecule has 0 saturated heterocycles. The Labute approximate surface area is 97.8 Å². The molecule has 0 aromatic heterocycles. The highest BCUT2D eigenvalue weighted by molar-refractivity contribution is 7.99. The molecule has 76 valence electrons. The average molecular weight is 249 g/mol. The fourth-order valence-corrected chi connectivity index (χ4v) is 2.46. The quantitative estimate of drug-likeness (QED) is 0.586. The van der Waals surface area contributed by atoms with Gasteiger partial charge in [-0.1, -0.05) is 30.1 Å². The van der Waals surface area contributed by atoms with Crippen LogP contribution in [-0.4, -0.2) is 11.5 Å². The standard InChI is InChI=1S/C10H10Cl2OS/c1-3-14-8-5-4-7(6(2)13)9(11)10(8)12/h4-5H,3H2,1-2H3. The van der Waals surface area contributed by atoms with Crippen LogP contribution >= 0.6 is 35.0 Å². The second-order valence-corrected chi connectivity index (χ2v) is 4.79. The molecule has 0 bridgehead atoms. The number of ketones is 1. The minimum atomic E-state index is -0.0649. The lowest BCUT2D eigenvalue weighted by molar-refractivity contribution is 0.101. The molecule has 4 heteroatoms.